The van der Waals surface area contributed by atoms with Gasteiger partial charge in [-0.15, -0.1) is 0 Å². The van der Waals surface area contributed by atoms with Gasteiger partial charge in [-0.2, -0.15) is 5.26 Å². The Balaban J connectivity index is 2.29. The van der Waals surface area contributed by atoms with Crippen LogP contribution in [-0.2, 0) is 4.74 Å². The number of carbonyl (C=O) groups is 1. The molecule has 0 radical (unpaired) electrons. The molecule has 23 heavy (non-hydrogen) atoms. The highest BCUT2D eigenvalue weighted by Gasteiger charge is 2.12. The number of hydrogen-bond donors (Lipinski definition) is 1. The first-order chi connectivity index (χ1) is 11.0. The van der Waals surface area contributed by atoms with Crippen LogP contribution in [0, 0.1) is 21.4 Å². The van der Waals surface area contributed by atoms with Crippen molar-refractivity contribution in [2.24, 2.45) is 0 Å². The number of ether oxygens (including phenoxy) is 1. The van der Waals surface area contributed by atoms with E-state index in [1.807, 2.05) is 6.07 Å². The lowest BCUT2D eigenvalue weighted by atomic mass is 10.1. The molecule has 0 spiro atoms. The van der Waals surface area contributed by atoms with Crippen LogP contribution in [-0.4, -0.2) is 17.5 Å². The van der Waals surface area contributed by atoms with E-state index in [4.69, 9.17) is 10.00 Å². The van der Waals surface area contributed by atoms with Crippen molar-refractivity contribution in [2.45, 2.75) is 6.92 Å². The average molecular weight is 311 g/mol. The number of anilines is 2. The molecule has 0 aromatic heterocycles. The molecule has 1 N–H and O–H groups in total. The number of hydrogen-bond acceptors (Lipinski definition) is 6. The van der Waals surface area contributed by atoms with Crippen molar-refractivity contribution in [1.29, 1.82) is 5.26 Å². The second-order valence-electron chi connectivity index (χ2n) is 4.53. The van der Waals surface area contributed by atoms with Crippen LogP contribution in [0.1, 0.15) is 22.8 Å². The average Bonchev–Trinajstić information content (AvgIpc) is 2.55. The van der Waals surface area contributed by atoms with Crippen LogP contribution in [0.2, 0.25) is 0 Å². The summed E-state index contributed by atoms with van der Waals surface area (Å²) in [5.41, 5.74) is 1.34. The summed E-state index contributed by atoms with van der Waals surface area (Å²) in [6.07, 6.45) is 0. The first kappa shape index (κ1) is 16.0. The van der Waals surface area contributed by atoms with Gasteiger partial charge in [-0.3, -0.25) is 10.1 Å². The van der Waals surface area contributed by atoms with Gasteiger partial charge in [0.05, 0.1) is 28.3 Å². The quantitative estimate of drug-likeness (QED) is 0.515. The minimum atomic E-state index is -0.563. The van der Waals surface area contributed by atoms with Gasteiger partial charge in [0, 0.05) is 17.8 Å². The number of nitrogens with one attached hydrogen (secondary N) is 1. The number of carbonyl (C=O) groups excluding carboxylic acids is 1. The molecule has 0 aliphatic heterocycles. The molecule has 0 saturated carbocycles. The Labute approximate surface area is 132 Å². The van der Waals surface area contributed by atoms with E-state index in [2.05, 4.69) is 5.32 Å². The number of rotatable bonds is 5. The van der Waals surface area contributed by atoms with Gasteiger partial charge in [0.25, 0.3) is 5.69 Å². The molecule has 0 heterocycles. The molecule has 0 amide bonds. The maximum atomic E-state index is 11.7. The van der Waals surface area contributed by atoms with Crippen molar-refractivity contribution < 1.29 is 14.5 Å². The van der Waals surface area contributed by atoms with Crippen LogP contribution < -0.4 is 5.32 Å². The fraction of sp³-hybridized carbons (Fsp3) is 0.125. The van der Waals surface area contributed by atoms with Crippen molar-refractivity contribution in [1.82, 2.24) is 0 Å². The largest absolute Gasteiger partial charge is 0.462 e. The Morgan fingerprint density at radius 3 is 2.78 bits per heavy atom. The molecule has 0 saturated heterocycles. The number of benzene rings is 2. The highest BCUT2D eigenvalue weighted by Crippen LogP contribution is 2.25. The van der Waals surface area contributed by atoms with Crippen molar-refractivity contribution >= 4 is 23.0 Å². The third-order valence-electron chi connectivity index (χ3n) is 2.99. The summed E-state index contributed by atoms with van der Waals surface area (Å²) < 4.78 is 4.93. The molecule has 7 heteroatoms. The molecule has 2 aromatic carbocycles. The number of nitriles is 1. The molecule has 0 atom stereocenters. The maximum Gasteiger partial charge on any atom is 0.338 e. The summed E-state index contributed by atoms with van der Waals surface area (Å²) in [7, 11) is 0. The lowest BCUT2D eigenvalue weighted by molar-refractivity contribution is -0.384. The minimum Gasteiger partial charge on any atom is -0.462 e. The van der Waals surface area contributed by atoms with Crippen LogP contribution in [0.25, 0.3) is 0 Å². The predicted octanol–water partition coefficient (Wildman–Crippen LogP) is 3.39. The van der Waals surface area contributed by atoms with Crippen LogP contribution in [0.5, 0.6) is 0 Å². The highest BCUT2D eigenvalue weighted by molar-refractivity contribution is 5.90. The lowest BCUT2D eigenvalue weighted by Crippen LogP contribution is -2.05. The molecular weight excluding hydrogens is 298 g/mol. The summed E-state index contributed by atoms with van der Waals surface area (Å²) in [5, 5.41) is 22.8. The number of nitro groups is 1. The van der Waals surface area contributed by atoms with Gasteiger partial charge in [0.2, 0.25) is 0 Å². The van der Waals surface area contributed by atoms with Gasteiger partial charge in [-0.25, -0.2) is 4.79 Å². The van der Waals surface area contributed by atoms with Crippen molar-refractivity contribution in [3.05, 3.63) is 63.7 Å². The molecule has 2 aromatic rings. The topological polar surface area (TPSA) is 105 Å². The van der Waals surface area contributed by atoms with Crippen LogP contribution in [0.3, 0.4) is 0 Å². The van der Waals surface area contributed by atoms with Gasteiger partial charge in [0.15, 0.2) is 0 Å². The Morgan fingerprint density at radius 2 is 2.13 bits per heavy atom. The third-order valence-corrected chi connectivity index (χ3v) is 2.99. The van der Waals surface area contributed by atoms with Crippen molar-refractivity contribution in [2.75, 3.05) is 11.9 Å². The SMILES string of the molecule is CCOC(=O)c1cccc(Nc2ccc([N+](=O)[O-])cc2C#N)c1. The van der Waals surface area contributed by atoms with Crippen LogP contribution in [0.4, 0.5) is 17.1 Å². The first-order valence-corrected chi connectivity index (χ1v) is 6.78. The lowest BCUT2D eigenvalue weighted by Gasteiger charge is -2.09. The van der Waals surface area contributed by atoms with E-state index in [-0.39, 0.29) is 17.9 Å². The molecule has 2 rings (SSSR count). The van der Waals surface area contributed by atoms with Gasteiger partial charge in [-0.1, -0.05) is 6.07 Å². The summed E-state index contributed by atoms with van der Waals surface area (Å²) in [6.45, 7) is 1.99. The maximum absolute atomic E-state index is 11.7. The zero-order chi connectivity index (χ0) is 16.8. The third kappa shape index (κ3) is 3.83. The smallest absolute Gasteiger partial charge is 0.338 e. The summed E-state index contributed by atoms with van der Waals surface area (Å²) >= 11 is 0. The van der Waals surface area contributed by atoms with E-state index in [9.17, 15) is 14.9 Å². The molecule has 0 fully saturated rings. The zero-order valence-electron chi connectivity index (χ0n) is 12.3. The first-order valence-electron chi connectivity index (χ1n) is 6.78. The van der Waals surface area contributed by atoms with E-state index in [1.165, 1.54) is 18.2 Å². The van der Waals surface area contributed by atoms with Gasteiger partial charge in [0.1, 0.15) is 6.07 Å². The van der Waals surface area contributed by atoms with E-state index in [0.29, 0.717) is 16.9 Å². The molecule has 7 nitrogen and oxygen atoms in total. The second-order valence-corrected chi connectivity index (χ2v) is 4.53. The van der Waals surface area contributed by atoms with Crippen LogP contribution in [0.15, 0.2) is 42.5 Å². The number of nitro benzene ring substituents is 1. The fourth-order valence-corrected chi connectivity index (χ4v) is 1.94. The van der Waals surface area contributed by atoms with E-state index >= 15 is 0 Å². The summed E-state index contributed by atoms with van der Waals surface area (Å²) in [5.74, 6) is -0.444. The second kappa shape index (κ2) is 7.04. The molecule has 0 aliphatic carbocycles. The van der Waals surface area contributed by atoms with Gasteiger partial charge in [-0.05, 0) is 31.2 Å². The molecule has 116 valence electrons. The van der Waals surface area contributed by atoms with Crippen molar-refractivity contribution in [3.63, 3.8) is 0 Å². The molecule has 0 bridgehead atoms. The standard InChI is InChI=1S/C16H13N3O4/c1-2-23-16(20)11-4-3-5-13(8-11)18-15-7-6-14(19(21)22)9-12(15)10-17/h3-9,18H,2H2,1H3. The summed E-state index contributed by atoms with van der Waals surface area (Å²) in [6, 6.07) is 12.4. The molecule has 0 unspecified atom stereocenters. The number of nitrogens with zero attached hydrogens (tertiary/aromatic N) is 2. The Hall–Kier alpha value is -3.40. The monoisotopic (exact) mass is 311 g/mol. The fourth-order valence-electron chi connectivity index (χ4n) is 1.94. The van der Waals surface area contributed by atoms with Crippen molar-refractivity contribution in [3.8, 4) is 6.07 Å². The summed E-state index contributed by atoms with van der Waals surface area (Å²) in [4.78, 5) is 21.9. The number of non-ortho nitro benzene ring substituents is 1. The Kier molecular flexibility index (Phi) is 4.89. The normalized spacial score (nSPS) is 9.74. The minimum absolute atomic E-state index is 0.140. The Bertz CT molecular complexity index is 796. The van der Waals surface area contributed by atoms with E-state index < -0.39 is 10.9 Å². The zero-order valence-corrected chi connectivity index (χ0v) is 12.3. The van der Waals surface area contributed by atoms with E-state index in [1.54, 1.807) is 31.2 Å². The number of esters is 1. The van der Waals surface area contributed by atoms with E-state index in [0.717, 1.165) is 0 Å². The van der Waals surface area contributed by atoms with Crippen LogP contribution >= 0.6 is 0 Å². The molecule has 0 aliphatic rings. The Morgan fingerprint density at radius 1 is 1.35 bits per heavy atom. The predicted molar refractivity (Wildman–Crippen MR) is 83.5 cm³/mol. The highest BCUT2D eigenvalue weighted by atomic mass is 16.6. The molecular formula is C16H13N3O4. The van der Waals surface area contributed by atoms with Gasteiger partial charge >= 0.3 is 5.97 Å². The van der Waals surface area contributed by atoms with Gasteiger partial charge < -0.3 is 10.1 Å².